The van der Waals surface area contributed by atoms with Gasteiger partial charge in [0.2, 0.25) is 0 Å². The molecule has 0 amide bonds. The lowest BCUT2D eigenvalue weighted by Gasteiger charge is -2.00. The van der Waals surface area contributed by atoms with E-state index in [1.165, 1.54) is 0 Å². The van der Waals surface area contributed by atoms with Crippen LogP contribution >= 0.6 is 0 Å². The number of ether oxygens (including phenoxy) is 1. The maximum atomic E-state index is 10.5. The molecule has 0 spiro atoms. The van der Waals surface area contributed by atoms with Gasteiger partial charge in [-0.15, -0.1) is 0 Å². The predicted octanol–water partition coefficient (Wildman–Crippen LogP) is 2.23. The van der Waals surface area contributed by atoms with E-state index in [1.54, 1.807) is 24.3 Å². The lowest BCUT2D eigenvalue weighted by Crippen LogP contribution is -1.98. The van der Waals surface area contributed by atoms with E-state index in [0.717, 1.165) is 0 Å². The monoisotopic (exact) mass is 308 g/mol. The van der Waals surface area contributed by atoms with E-state index in [4.69, 9.17) is 23.8 Å². The lowest BCUT2D eigenvalue weighted by atomic mass is 10.2. The molecule has 2 heterocycles. The third-order valence-electron chi connectivity index (χ3n) is 2.83. The summed E-state index contributed by atoms with van der Waals surface area (Å²) in [6.07, 6.45) is 0.198. The summed E-state index contributed by atoms with van der Waals surface area (Å²) in [5.41, 5.74) is 0. The van der Waals surface area contributed by atoms with E-state index in [-0.39, 0.29) is 26.1 Å². The van der Waals surface area contributed by atoms with Gasteiger partial charge in [0.05, 0.1) is 6.42 Å². The standard InChI is InChI=1S/C15H16O7/c16-14(17)6-5-10-1-3-12(21-10)8-20-9-13-4-2-11(22-13)7-15(18)19/h1-4H,5-9H2,(H,16,17)(H,18,19). The molecule has 0 aliphatic carbocycles. The summed E-state index contributed by atoms with van der Waals surface area (Å²) < 4.78 is 16.1. The van der Waals surface area contributed by atoms with Crippen LogP contribution in [0.2, 0.25) is 0 Å². The van der Waals surface area contributed by atoms with E-state index in [1.807, 2.05) is 0 Å². The Morgan fingerprint density at radius 1 is 0.864 bits per heavy atom. The van der Waals surface area contributed by atoms with Crippen molar-refractivity contribution in [3.8, 4) is 0 Å². The van der Waals surface area contributed by atoms with Crippen LogP contribution in [-0.2, 0) is 40.4 Å². The average Bonchev–Trinajstić information content (AvgIpc) is 3.06. The van der Waals surface area contributed by atoms with Gasteiger partial charge in [-0.05, 0) is 24.3 Å². The number of hydrogen-bond donors (Lipinski definition) is 2. The third-order valence-corrected chi connectivity index (χ3v) is 2.83. The van der Waals surface area contributed by atoms with Gasteiger partial charge in [0.25, 0.3) is 0 Å². The fourth-order valence-electron chi connectivity index (χ4n) is 1.86. The number of carbonyl (C=O) groups is 2. The van der Waals surface area contributed by atoms with Crippen molar-refractivity contribution >= 4 is 11.9 Å². The van der Waals surface area contributed by atoms with Gasteiger partial charge in [0.1, 0.15) is 42.7 Å². The molecule has 2 N–H and O–H groups in total. The summed E-state index contributed by atoms with van der Waals surface area (Å²) in [5.74, 6) is 0.282. The normalized spacial score (nSPS) is 10.7. The molecule has 0 unspecified atom stereocenters. The Kier molecular flexibility index (Phi) is 5.37. The topological polar surface area (TPSA) is 110 Å². The van der Waals surface area contributed by atoms with Crippen LogP contribution in [0, 0.1) is 0 Å². The zero-order valence-electron chi connectivity index (χ0n) is 11.8. The lowest BCUT2D eigenvalue weighted by molar-refractivity contribution is -0.137. The van der Waals surface area contributed by atoms with Crippen LogP contribution in [-0.4, -0.2) is 22.2 Å². The molecular weight excluding hydrogens is 292 g/mol. The van der Waals surface area contributed by atoms with Gasteiger partial charge in [0.15, 0.2) is 0 Å². The number of aliphatic carboxylic acids is 2. The van der Waals surface area contributed by atoms with Gasteiger partial charge in [0, 0.05) is 6.42 Å². The van der Waals surface area contributed by atoms with Gasteiger partial charge in [-0.25, -0.2) is 0 Å². The predicted molar refractivity (Wildman–Crippen MR) is 73.2 cm³/mol. The molecule has 0 bridgehead atoms. The van der Waals surface area contributed by atoms with Crippen molar-refractivity contribution in [2.75, 3.05) is 0 Å². The maximum Gasteiger partial charge on any atom is 0.311 e. The van der Waals surface area contributed by atoms with E-state index < -0.39 is 11.9 Å². The Morgan fingerprint density at radius 2 is 1.41 bits per heavy atom. The summed E-state index contributed by atoms with van der Waals surface area (Å²) in [7, 11) is 0. The van der Waals surface area contributed by atoms with Gasteiger partial charge >= 0.3 is 11.9 Å². The summed E-state index contributed by atoms with van der Waals surface area (Å²) in [4.78, 5) is 21.0. The minimum Gasteiger partial charge on any atom is -0.481 e. The molecular formula is C15H16O7. The first-order valence-electron chi connectivity index (χ1n) is 6.69. The van der Waals surface area contributed by atoms with Crippen LogP contribution < -0.4 is 0 Å². The molecule has 2 aromatic rings. The van der Waals surface area contributed by atoms with Crippen molar-refractivity contribution < 1.29 is 33.4 Å². The van der Waals surface area contributed by atoms with Crippen molar-refractivity contribution in [3.63, 3.8) is 0 Å². The van der Waals surface area contributed by atoms with Crippen LogP contribution in [0.5, 0.6) is 0 Å². The van der Waals surface area contributed by atoms with E-state index >= 15 is 0 Å². The highest BCUT2D eigenvalue weighted by Gasteiger charge is 2.08. The molecule has 2 rings (SSSR count). The number of aryl methyl sites for hydroxylation is 1. The SMILES string of the molecule is O=C(O)CCc1ccc(COCc2ccc(CC(=O)O)o2)o1. The summed E-state index contributed by atoms with van der Waals surface area (Å²) in [5, 5.41) is 17.2. The average molecular weight is 308 g/mol. The highest BCUT2D eigenvalue weighted by Crippen LogP contribution is 2.14. The first-order valence-corrected chi connectivity index (χ1v) is 6.69. The molecule has 0 saturated heterocycles. The minimum atomic E-state index is -0.953. The smallest absolute Gasteiger partial charge is 0.311 e. The first-order chi connectivity index (χ1) is 10.5. The number of furan rings is 2. The van der Waals surface area contributed by atoms with Crippen LogP contribution in [0.4, 0.5) is 0 Å². The summed E-state index contributed by atoms with van der Waals surface area (Å²) in [6, 6.07) is 6.72. The molecule has 0 atom stereocenters. The van der Waals surface area contributed by atoms with Crippen LogP contribution in [0.1, 0.15) is 29.5 Å². The molecule has 0 aromatic carbocycles. The number of hydrogen-bond acceptors (Lipinski definition) is 5. The molecule has 0 aliphatic heterocycles. The van der Waals surface area contributed by atoms with Gasteiger partial charge in [-0.1, -0.05) is 0 Å². The molecule has 0 radical (unpaired) electrons. The zero-order chi connectivity index (χ0) is 15.9. The molecule has 2 aromatic heterocycles. The van der Waals surface area contributed by atoms with Crippen molar-refractivity contribution in [1.82, 2.24) is 0 Å². The Bertz CT molecular complexity index is 638. The van der Waals surface area contributed by atoms with Crippen LogP contribution in [0.15, 0.2) is 33.1 Å². The van der Waals surface area contributed by atoms with Crippen molar-refractivity contribution in [2.45, 2.75) is 32.5 Å². The minimum absolute atomic E-state index is 0.0204. The zero-order valence-corrected chi connectivity index (χ0v) is 11.8. The molecule has 7 nitrogen and oxygen atoms in total. The highest BCUT2D eigenvalue weighted by molar-refractivity contribution is 5.69. The fourth-order valence-corrected chi connectivity index (χ4v) is 1.86. The molecule has 7 heteroatoms. The largest absolute Gasteiger partial charge is 0.481 e. The van der Waals surface area contributed by atoms with Crippen molar-refractivity contribution in [2.24, 2.45) is 0 Å². The number of rotatable bonds is 9. The summed E-state index contributed by atoms with van der Waals surface area (Å²) >= 11 is 0. The molecule has 0 fully saturated rings. The van der Waals surface area contributed by atoms with E-state index in [0.29, 0.717) is 29.5 Å². The Morgan fingerprint density at radius 3 is 2.00 bits per heavy atom. The fraction of sp³-hybridized carbons (Fsp3) is 0.333. The molecule has 0 saturated carbocycles. The van der Waals surface area contributed by atoms with Crippen LogP contribution in [0.3, 0.4) is 0 Å². The quantitative estimate of drug-likeness (QED) is 0.730. The van der Waals surface area contributed by atoms with Crippen molar-refractivity contribution in [3.05, 3.63) is 47.3 Å². The highest BCUT2D eigenvalue weighted by atomic mass is 16.5. The first kappa shape index (κ1) is 15.8. The molecule has 22 heavy (non-hydrogen) atoms. The van der Waals surface area contributed by atoms with Crippen molar-refractivity contribution in [1.29, 1.82) is 0 Å². The van der Waals surface area contributed by atoms with Gasteiger partial charge in [-0.2, -0.15) is 0 Å². The van der Waals surface area contributed by atoms with E-state index in [2.05, 4.69) is 0 Å². The molecule has 118 valence electrons. The van der Waals surface area contributed by atoms with E-state index in [9.17, 15) is 9.59 Å². The molecule has 0 aliphatic rings. The maximum absolute atomic E-state index is 10.5. The Balaban J connectivity index is 1.75. The second-order valence-electron chi connectivity index (χ2n) is 4.69. The van der Waals surface area contributed by atoms with Crippen LogP contribution in [0.25, 0.3) is 0 Å². The Labute approximate surface area is 126 Å². The van der Waals surface area contributed by atoms with Gasteiger partial charge < -0.3 is 23.8 Å². The Hall–Kier alpha value is -2.54. The second-order valence-corrected chi connectivity index (χ2v) is 4.69. The second kappa shape index (κ2) is 7.46. The summed E-state index contributed by atoms with van der Waals surface area (Å²) in [6.45, 7) is 0.423. The number of carboxylic acid groups (broad SMARTS) is 2. The van der Waals surface area contributed by atoms with Gasteiger partial charge in [-0.3, -0.25) is 9.59 Å². The third kappa shape index (κ3) is 5.10. The number of carboxylic acids is 2.